The third kappa shape index (κ3) is 7.00. The Morgan fingerprint density at radius 1 is 0.957 bits per heavy atom. The van der Waals surface area contributed by atoms with Gasteiger partial charge in [0.25, 0.3) is 11.5 Å². The summed E-state index contributed by atoms with van der Waals surface area (Å²) in [5.41, 5.74) is 2.91. The molecule has 1 aliphatic rings. The Labute approximate surface area is 268 Å². The van der Waals surface area contributed by atoms with Crippen molar-refractivity contribution in [1.82, 2.24) is 24.4 Å². The third-order valence-corrected chi connectivity index (χ3v) is 8.09. The van der Waals surface area contributed by atoms with Crippen LogP contribution in [-0.2, 0) is 24.5 Å². The number of pyridine rings is 2. The average Bonchev–Trinajstić information content (AvgIpc) is 3.05. The number of alkyl halides is 3. The van der Waals surface area contributed by atoms with Crippen LogP contribution in [0.5, 0.6) is 0 Å². The summed E-state index contributed by atoms with van der Waals surface area (Å²) in [7, 11) is 1.62. The highest BCUT2D eigenvalue weighted by molar-refractivity contribution is 6.04. The normalized spacial score (nSPS) is 13.9. The zero-order chi connectivity index (χ0) is 33.3. The summed E-state index contributed by atoms with van der Waals surface area (Å²) in [5.74, 6) is -0.440. The van der Waals surface area contributed by atoms with Gasteiger partial charge in [-0.25, -0.2) is 9.97 Å². The number of fused-ring (bicyclic) bond motifs is 1. The number of morpholine rings is 1. The first-order valence-electron chi connectivity index (χ1n) is 15.0. The summed E-state index contributed by atoms with van der Waals surface area (Å²) in [4.78, 5) is 41.6. The van der Waals surface area contributed by atoms with E-state index in [2.05, 4.69) is 25.6 Å². The van der Waals surface area contributed by atoms with Gasteiger partial charge in [-0.3, -0.25) is 19.5 Å². The van der Waals surface area contributed by atoms with E-state index in [1.54, 1.807) is 43.7 Å². The van der Waals surface area contributed by atoms with Crippen LogP contribution in [0.25, 0.3) is 22.2 Å². The summed E-state index contributed by atoms with van der Waals surface area (Å²) in [6.07, 6.45) is -1.43. The Bertz CT molecular complexity index is 2020. The summed E-state index contributed by atoms with van der Waals surface area (Å²) < 4.78 is 48.9. The number of aryl methyl sites for hydroxylation is 2. The minimum atomic E-state index is -4.63. The predicted molar refractivity (Wildman–Crippen MR) is 173 cm³/mol. The van der Waals surface area contributed by atoms with E-state index in [1.165, 1.54) is 16.7 Å². The Morgan fingerprint density at radius 2 is 1.72 bits per heavy atom. The summed E-state index contributed by atoms with van der Waals surface area (Å²) in [6, 6.07) is 14.2. The van der Waals surface area contributed by atoms with Crippen LogP contribution in [0, 0.1) is 13.8 Å². The smallest absolute Gasteiger partial charge is 0.379 e. The Morgan fingerprint density at radius 3 is 2.45 bits per heavy atom. The van der Waals surface area contributed by atoms with Crippen LogP contribution in [0.4, 0.5) is 30.5 Å². The van der Waals surface area contributed by atoms with Gasteiger partial charge in [-0.2, -0.15) is 13.2 Å². The van der Waals surface area contributed by atoms with Crippen molar-refractivity contribution in [3.05, 3.63) is 105 Å². The second-order valence-corrected chi connectivity index (χ2v) is 11.4. The van der Waals surface area contributed by atoms with Gasteiger partial charge in [-0.05, 0) is 67.4 Å². The number of halogens is 3. The lowest BCUT2D eigenvalue weighted by Gasteiger charge is -2.27. The number of ether oxygens (including phenoxy) is 1. The number of carbonyl (C=O) groups is 1. The van der Waals surface area contributed by atoms with Crippen LogP contribution in [0.2, 0.25) is 0 Å². The molecule has 6 rings (SSSR count). The monoisotopic (exact) mass is 643 g/mol. The molecule has 5 aromatic rings. The number of amides is 1. The average molecular weight is 644 g/mol. The van der Waals surface area contributed by atoms with Crippen LogP contribution in [0.1, 0.15) is 32.7 Å². The largest absolute Gasteiger partial charge is 0.416 e. The molecule has 1 aliphatic heterocycles. The quantitative estimate of drug-likeness (QED) is 0.227. The maximum atomic E-state index is 14.1. The zero-order valence-electron chi connectivity index (χ0n) is 26.0. The standard InChI is InChI=1S/C34H32F3N7O3/c1-20-4-8-25(40-31(45)22-6-7-23(28(14-22)34(35,36)37)19-44-10-12-47-13-11-44)16-27(20)29-15-24-17-39-33(42-30(24)32(46)43(29)3)41-26-9-5-21(2)38-18-26/h4-9,14-18H,10-13,19H2,1-3H3,(H,40,45)(H,39,41,42). The number of carbonyl (C=O) groups excluding carboxylic acids is 1. The highest BCUT2D eigenvalue weighted by Gasteiger charge is 2.34. The van der Waals surface area contributed by atoms with Gasteiger partial charge in [-0.1, -0.05) is 12.1 Å². The maximum Gasteiger partial charge on any atom is 0.416 e. The van der Waals surface area contributed by atoms with Crippen LogP contribution < -0.4 is 16.2 Å². The highest BCUT2D eigenvalue weighted by Crippen LogP contribution is 2.34. The molecule has 1 saturated heterocycles. The number of nitrogens with zero attached hydrogens (tertiary/aromatic N) is 5. The molecule has 0 atom stereocenters. The minimum absolute atomic E-state index is 0.102. The molecule has 0 spiro atoms. The van der Waals surface area contributed by atoms with E-state index in [1.807, 2.05) is 30.9 Å². The van der Waals surface area contributed by atoms with Gasteiger partial charge < -0.3 is 19.9 Å². The summed E-state index contributed by atoms with van der Waals surface area (Å²) in [5, 5.41) is 6.29. The molecule has 0 unspecified atom stereocenters. The minimum Gasteiger partial charge on any atom is -0.379 e. The van der Waals surface area contributed by atoms with Crippen LogP contribution in [0.15, 0.2) is 71.8 Å². The first-order chi connectivity index (χ1) is 22.5. The molecule has 2 aromatic carbocycles. The first kappa shape index (κ1) is 31.8. The van der Waals surface area contributed by atoms with Gasteiger partial charge in [0.2, 0.25) is 5.95 Å². The lowest BCUT2D eigenvalue weighted by molar-refractivity contribution is -0.138. The van der Waals surface area contributed by atoms with Crippen LogP contribution >= 0.6 is 0 Å². The van der Waals surface area contributed by atoms with E-state index < -0.39 is 17.6 Å². The predicted octanol–water partition coefficient (Wildman–Crippen LogP) is 5.85. The van der Waals surface area contributed by atoms with Crippen molar-refractivity contribution in [2.24, 2.45) is 7.05 Å². The molecule has 242 valence electrons. The van der Waals surface area contributed by atoms with Gasteiger partial charge in [-0.15, -0.1) is 0 Å². The van der Waals surface area contributed by atoms with Gasteiger partial charge >= 0.3 is 6.18 Å². The number of nitrogens with one attached hydrogen (secondary N) is 2. The first-order valence-corrected chi connectivity index (χ1v) is 15.0. The fourth-order valence-corrected chi connectivity index (χ4v) is 5.47. The number of aromatic nitrogens is 4. The molecule has 47 heavy (non-hydrogen) atoms. The van der Waals surface area contributed by atoms with Crippen LogP contribution in [-0.4, -0.2) is 56.6 Å². The molecule has 0 bridgehead atoms. The van der Waals surface area contributed by atoms with Gasteiger partial charge in [0.1, 0.15) is 5.52 Å². The maximum absolute atomic E-state index is 14.1. The lowest BCUT2D eigenvalue weighted by atomic mass is 10.0. The van der Waals surface area contributed by atoms with E-state index in [0.717, 1.165) is 17.3 Å². The fraction of sp³-hybridized carbons (Fsp3) is 0.265. The van der Waals surface area contributed by atoms with E-state index in [0.29, 0.717) is 54.3 Å². The Balaban J connectivity index is 1.26. The van der Waals surface area contributed by atoms with Crippen molar-refractivity contribution >= 4 is 34.1 Å². The Kier molecular flexibility index (Phi) is 8.76. The van der Waals surface area contributed by atoms with Gasteiger partial charge in [0, 0.05) is 60.8 Å². The van der Waals surface area contributed by atoms with Crippen molar-refractivity contribution in [3.8, 4) is 11.3 Å². The second-order valence-electron chi connectivity index (χ2n) is 11.4. The van der Waals surface area contributed by atoms with Gasteiger partial charge in [0.15, 0.2) is 0 Å². The molecule has 0 radical (unpaired) electrons. The molecule has 4 heterocycles. The number of hydrogen-bond donors (Lipinski definition) is 2. The molecule has 1 amide bonds. The third-order valence-electron chi connectivity index (χ3n) is 8.09. The summed E-state index contributed by atoms with van der Waals surface area (Å²) in [6.45, 7) is 5.85. The topological polar surface area (TPSA) is 114 Å². The Hall–Kier alpha value is -5.14. The molecule has 0 saturated carbocycles. The molecular weight excluding hydrogens is 611 g/mol. The lowest BCUT2D eigenvalue weighted by Crippen LogP contribution is -2.36. The molecule has 3 aromatic heterocycles. The SMILES string of the molecule is Cc1ccc(Nc2ncc3cc(-c4cc(NC(=O)c5ccc(CN6CCOCC6)c(C(F)(F)F)c5)ccc4C)n(C)c(=O)c3n2)cn1. The zero-order valence-corrected chi connectivity index (χ0v) is 26.0. The van der Waals surface area contributed by atoms with E-state index in [9.17, 15) is 22.8 Å². The van der Waals surface area contributed by atoms with Crippen molar-refractivity contribution < 1.29 is 22.7 Å². The van der Waals surface area contributed by atoms with Crippen molar-refractivity contribution in [3.63, 3.8) is 0 Å². The number of rotatable bonds is 7. The fourth-order valence-electron chi connectivity index (χ4n) is 5.47. The van der Waals surface area contributed by atoms with E-state index in [4.69, 9.17) is 4.74 Å². The molecule has 10 nitrogen and oxygen atoms in total. The van der Waals surface area contributed by atoms with E-state index >= 15 is 0 Å². The molecular formula is C34H32F3N7O3. The van der Waals surface area contributed by atoms with E-state index in [-0.39, 0.29) is 34.7 Å². The number of hydrogen-bond acceptors (Lipinski definition) is 8. The second kappa shape index (κ2) is 12.9. The number of benzene rings is 2. The van der Waals surface area contributed by atoms with Crippen molar-refractivity contribution in [2.45, 2.75) is 26.6 Å². The summed E-state index contributed by atoms with van der Waals surface area (Å²) >= 11 is 0. The van der Waals surface area contributed by atoms with Crippen LogP contribution in [0.3, 0.4) is 0 Å². The molecule has 2 N–H and O–H groups in total. The molecule has 1 fully saturated rings. The molecule has 13 heteroatoms. The van der Waals surface area contributed by atoms with Gasteiger partial charge in [0.05, 0.1) is 36.4 Å². The van der Waals surface area contributed by atoms with Crippen molar-refractivity contribution in [2.75, 3.05) is 36.9 Å². The molecule has 0 aliphatic carbocycles. The number of anilines is 3. The highest BCUT2D eigenvalue weighted by atomic mass is 19.4. The van der Waals surface area contributed by atoms with Crippen molar-refractivity contribution in [1.29, 1.82) is 0 Å².